The maximum atomic E-state index is 11.2. The van der Waals surface area contributed by atoms with Crippen LogP contribution in [0.2, 0.25) is 0 Å². The first-order valence-corrected chi connectivity index (χ1v) is 6.73. The van der Waals surface area contributed by atoms with Gasteiger partial charge in [-0.1, -0.05) is 27.7 Å². The third-order valence-corrected chi connectivity index (χ3v) is 1.99. The highest BCUT2D eigenvalue weighted by molar-refractivity contribution is 5.67. The molecule has 112 valence electrons. The zero-order chi connectivity index (χ0) is 14.7. The van der Waals surface area contributed by atoms with Crippen LogP contribution in [-0.4, -0.2) is 38.5 Å². The number of hydrogen-bond acceptors (Lipinski definition) is 4. The van der Waals surface area contributed by atoms with Crippen LogP contribution >= 0.6 is 0 Å². The van der Waals surface area contributed by atoms with Crippen LogP contribution in [0.15, 0.2) is 0 Å². The van der Waals surface area contributed by atoms with Crippen LogP contribution in [0.25, 0.3) is 0 Å². The predicted molar refractivity (Wildman–Crippen MR) is 73.0 cm³/mol. The lowest BCUT2D eigenvalue weighted by Crippen LogP contribution is -2.31. The van der Waals surface area contributed by atoms with Gasteiger partial charge < -0.3 is 20.1 Å². The third-order valence-electron chi connectivity index (χ3n) is 1.99. The van der Waals surface area contributed by atoms with Crippen LogP contribution in [0, 0.1) is 11.8 Å². The van der Waals surface area contributed by atoms with Crippen molar-refractivity contribution in [1.29, 1.82) is 0 Å². The highest BCUT2D eigenvalue weighted by atomic mass is 16.6. The molecule has 0 rings (SSSR count). The maximum absolute atomic E-state index is 11.2. The largest absolute Gasteiger partial charge is 0.449 e. The quantitative estimate of drug-likeness (QED) is 0.665. The lowest BCUT2D eigenvalue weighted by molar-refractivity contribution is 0.131. The predicted octanol–water partition coefficient (Wildman–Crippen LogP) is 2.14. The fourth-order valence-electron chi connectivity index (χ4n) is 1.06. The van der Waals surface area contributed by atoms with Gasteiger partial charge in [0, 0.05) is 13.1 Å². The van der Waals surface area contributed by atoms with Crippen molar-refractivity contribution in [3.63, 3.8) is 0 Å². The Morgan fingerprint density at radius 3 is 1.53 bits per heavy atom. The maximum Gasteiger partial charge on any atom is 0.407 e. The lowest BCUT2D eigenvalue weighted by Gasteiger charge is -2.10. The van der Waals surface area contributed by atoms with Crippen LogP contribution < -0.4 is 10.6 Å². The van der Waals surface area contributed by atoms with Crippen molar-refractivity contribution in [2.75, 3.05) is 26.3 Å². The van der Waals surface area contributed by atoms with E-state index in [4.69, 9.17) is 9.47 Å². The van der Waals surface area contributed by atoms with Gasteiger partial charge in [-0.25, -0.2) is 9.59 Å². The molecule has 0 saturated heterocycles. The summed E-state index contributed by atoms with van der Waals surface area (Å²) in [5.74, 6) is 0.645. The average Bonchev–Trinajstić information content (AvgIpc) is 2.33. The van der Waals surface area contributed by atoms with E-state index in [0.29, 0.717) is 44.6 Å². The van der Waals surface area contributed by atoms with E-state index in [-0.39, 0.29) is 0 Å². The monoisotopic (exact) mass is 274 g/mol. The molecule has 0 fully saturated rings. The minimum atomic E-state index is -0.420. The summed E-state index contributed by atoms with van der Waals surface area (Å²) in [5.41, 5.74) is 0. The molecule has 0 aromatic carbocycles. The average molecular weight is 274 g/mol. The molecule has 0 heterocycles. The summed E-state index contributed by atoms with van der Waals surface area (Å²) in [4.78, 5) is 22.4. The number of rotatable bonds is 8. The number of amides is 2. The van der Waals surface area contributed by atoms with Crippen LogP contribution in [-0.2, 0) is 9.47 Å². The Hall–Kier alpha value is -1.46. The zero-order valence-electron chi connectivity index (χ0n) is 12.3. The second kappa shape index (κ2) is 10.5. The van der Waals surface area contributed by atoms with Crippen molar-refractivity contribution in [3.8, 4) is 0 Å². The molecule has 0 unspecified atom stereocenters. The highest BCUT2D eigenvalue weighted by Gasteiger charge is 2.04. The molecule has 0 aromatic heterocycles. The van der Waals surface area contributed by atoms with Crippen molar-refractivity contribution in [1.82, 2.24) is 10.6 Å². The van der Waals surface area contributed by atoms with Gasteiger partial charge in [-0.15, -0.1) is 0 Å². The van der Waals surface area contributed by atoms with Crippen LogP contribution in [0.1, 0.15) is 34.1 Å². The van der Waals surface area contributed by atoms with Gasteiger partial charge in [0.1, 0.15) is 0 Å². The first kappa shape index (κ1) is 17.5. The van der Waals surface area contributed by atoms with Crippen molar-refractivity contribution >= 4 is 12.2 Å². The highest BCUT2D eigenvalue weighted by Crippen LogP contribution is 1.93. The van der Waals surface area contributed by atoms with Gasteiger partial charge >= 0.3 is 12.2 Å². The van der Waals surface area contributed by atoms with Gasteiger partial charge in [-0.3, -0.25) is 0 Å². The smallest absolute Gasteiger partial charge is 0.407 e. The molecule has 0 saturated carbocycles. The van der Waals surface area contributed by atoms with E-state index < -0.39 is 12.2 Å². The second-order valence-electron chi connectivity index (χ2n) is 5.19. The molecule has 0 bridgehead atoms. The molecule has 0 aliphatic heterocycles. The number of hydrogen-bond donors (Lipinski definition) is 2. The van der Waals surface area contributed by atoms with Crippen molar-refractivity contribution in [3.05, 3.63) is 0 Å². The van der Waals surface area contributed by atoms with Crippen molar-refractivity contribution < 1.29 is 19.1 Å². The SMILES string of the molecule is CC(C)COC(=O)NCCCNC(=O)OCC(C)C. The summed E-state index contributed by atoms with van der Waals surface area (Å²) < 4.78 is 9.87. The minimum Gasteiger partial charge on any atom is -0.449 e. The first-order chi connectivity index (χ1) is 8.91. The molecule has 2 amide bonds. The zero-order valence-corrected chi connectivity index (χ0v) is 12.3. The Labute approximate surface area is 115 Å². The topological polar surface area (TPSA) is 76.7 Å². The van der Waals surface area contributed by atoms with Crippen LogP contribution in [0.5, 0.6) is 0 Å². The molecular weight excluding hydrogens is 248 g/mol. The number of carbonyl (C=O) groups is 2. The first-order valence-electron chi connectivity index (χ1n) is 6.73. The standard InChI is InChI=1S/C13H26N2O4/c1-10(2)8-18-12(16)14-6-5-7-15-13(17)19-9-11(3)4/h10-11H,5-9H2,1-4H3,(H,14,16)(H,15,17). The molecule has 6 nitrogen and oxygen atoms in total. The summed E-state index contributed by atoms with van der Waals surface area (Å²) >= 11 is 0. The summed E-state index contributed by atoms with van der Waals surface area (Å²) in [5, 5.41) is 5.22. The van der Waals surface area contributed by atoms with Gasteiger partial charge in [0.15, 0.2) is 0 Å². The fourth-order valence-corrected chi connectivity index (χ4v) is 1.06. The number of alkyl carbamates (subject to hydrolysis) is 2. The van der Waals surface area contributed by atoms with E-state index in [9.17, 15) is 9.59 Å². The van der Waals surface area contributed by atoms with E-state index in [1.807, 2.05) is 27.7 Å². The summed E-state index contributed by atoms with van der Waals surface area (Å²) in [7, 11) is 0. The normalized spacial score (nSPS) is 10.4. The molecule has 2 N–H and O–H groups in total. The van der Waals surface area contributed by atoms with Gasteiger partial charge in [-0.05, 0) is 18.3 Å². The summed E-state index contributed by atoms with van der Waals surface area (Å²) in [6, 6.07) is 0. The third kappa shape index (κ3) is 12.8. The second-order valence-corrected chi connectivity index (χ2v) is 5.19. The number of carbonyl (C=O) groups excluding carboxylic acids is 2. The molecular formula is C13H26N2O4. The molecule has 0 radical (unpaired) electrons. The Morgan fingerprint density at radius 1 is 0.842 bits per heavy atom. The van der Waals surface area contributed by atoms with Crippen molar-refractivity contribution in [2.24, 2.45) is 11.8 Å². The Bertz CT molecular complexity index is 241. The van der Waals surface area contributed by atoms with E-state index in [0.717, 1.165) is 0 Å². The lowest BCUT2D eigenvalue weighted by atomic mass is 10.2. The van der Waals surface area contributed by atoms with E-state index in [2.05, 4.69) is 10.6 Å². The van der Waals surface area contributed by atoms with Crippen LogP contribution in [0.4, 0.5) is 9.59 Å². The Kier molecular flexibility index (Phi) is 9.66. The molecule has 0 aliphatic rings. The van der Waals surface area contributed by atoms with Gasteiger partial charge in [0.05, 0.1) is 13.2 Å². The Morgan fingerprint density at radius 2 is 1.21 bits per heavy atom. The van der Waals surface area contributed by atoms with E-state index in [1.165, 1.54) is 0 Å². The van der Waals surface area contributed by atoms with Gasteiger partial charge in [-0.2, -0.15) is 0 Å². The number of nitrogens with one attached hydrogen (secondary N) is 2. The molecule has 0 spiro atoms. The fraction of sp³-hybridized carbons (Fsp3) is 0.846. The molecule has 0 aliphatic carbocycles. The molecule has 0 atom stereocenters. The molecule has 6 heteroatoms. The van der Waals surface area contributed by atoms with E-state index >= 15 is 0 Å². The van der Waals surface area contributed by atoms with E-state index in [1.54, 1.807) is 0 Å². The minimum absolute atomic E-state index is 0.322. The summed E-state index contributed by atoms with van der Waals surface area (Å²) in [6.07, 6.45) is -0.208. The van der Waals surface area contributed by atoms with Crippen LogP contribution in [0.3, 0.4) is 0 Å². The van der Waals surface area contributed by atoms with Gasteiger partial charge in [0.25, 0.3) is 0 Å². The molecule has 19 heavy (non-hydrogen) atoms. The Balaban J connectivity index is 3.39. The van der Waals surface area contributed by atoms with Crippen molar-refractivity contribution in [2.45, 2.75) is 34.1 Å². The molecule has 0 aromatic rings. The number of ether oxygens (including phenoxy) is 2. The van der Waals surface area contributed by atoms with Gasteiger partial charge in [0.2, 0.25) is 0 Å². The summed E-state index contributed by atoms with van der Waals surface area (Å²) in [6.45, 7) is 9.62.